The van der Waals surface area contributed by atoms with Crippen LogP contribution in [0.5, 0.6) is 0 Å². The Morgan fingerprint density at radius 2 is 1.62 bits per heavy atom. The molecule has 6 nitrogen and oxygen atoms in total. The Labute approximate surface area is 192 Å². The van der Waals surface area contributed by atoms with Gasteiger partial charge in [0.25, 0.3) is 5.91 Å². The zero-order valence-electron chi connectivity index (χ0n) is 17.9. The van der Waals surface area contributed by atoms with Crippen molar-refractivity contribution in [2.75, 3.05) is 38.0 Å². The zero-order valence-corrected chi connectivity index (χ0v) is 18.7. The second-order valence-electron chi connectivity index (χ2n) is 7.79. The van der Waals surface area contributed by atoms with E-state index >= 15 is 0 Å². The molecule has 1 aromatic heterocycles. The largest absolute Gasteiger partial charge is 0.336 e. The summed E-state index contributed by atoms with van der Waals surface area (Å²) in [5.74, 6) is -0.135. The molecule has 0 atom stereocenters. The summed E-state index contributed by atoms with van der Waals surface area (Å²) in [6.07, 6.45) is 0. The lowest BCUT2D eigenvalue weighted by molar-refractivity contribution is -0.117. The van der Waals surface area contributed by atoms with E-state index in [1.165, 1.54) is 0 Å². The van der Waals surface area contributed by atoms with Crippen molar-refractivity contribution < 1.29 is 9.59 Å². The van der Waals surface area contributed by atoms with Crippen molar-refractivity contribution in [3.63, 3.8) is 0 Å². The van der Waals surface area contributed by atoms with E-state index in [0.717, 1.165) is 17.0 Å². The van der Waals surface area contributed by atoms with Gasteiger partial charge in [-0.15, -0.1) is 0 Å². The van der Waals surface area contributed by atoms with E-state index in [0.29, 0.717) is 42.5 Å². The molecule has 1 aliphatic heterocycles. The minimum Gasteiger partial charge on any atom is -0.336 e. The summed E-state index contributed by atoms with van der Waals surface area (Å²) in [5, 5.41) is 3.35. The fraction of sp³-hybridized carbons (Fsp3) is 0.240. The molecular formula is C25H25ClN4O2. The van der Waals surface area contributed by atoms with Crippen LogP contribution < -0.4 is 5.32 Å². The van der Waals surface area contributed by atoms with Crippen LogP contribution in [0.4, 0.5) is 5.69 Å². The molecule has 2 heterocycles. The van der Waals surface area contributed by atoms with Crippen LogP contribution in [-0.4, -0.2) is 59.3 Å². The average Bonchev–Trinajstić information content (AvgIpc) is 2.81. The molecule has 1 saturated heterocycles. The lowest BCUT2D eigenvalue weighted by Gasteiger charge is -2.34. The lowest BCUT2D eigenvalue weighted by Crippen LogP contribution is -2.50. The number of aromatic nitrogens is 1. The third-order valence-corrected chi connectivity index (χ3v) is 5.89. The van der Waals surface area contributed by atoms with Gasteiger partial charge in [0, 0.05) is 31.7 Å². The fourth-order valence-corrected chi connectivity index (χ4v) is 3.97. The number of amides is 2. The maximum absolute atomic E-state index is 13.0. The zero-order chi connectivity index (χ0) is 22.5. The van der Waals surface area contributed by atoms with E-state index in [1.807, 2.05) is 71.3 Å². The average molecular weight is 449 g/mol. The van der Waals surface area contributed by atoms with Crippen LogP contribution in [0.3, 0.4) is 0 Å². The number of hydrogen-bond acceptors (Lipinski definition) is 4. The van der Waals surface area contributed by atoms with Gasteiger partial charge in [-0.1, -0.05) is 54.1 Å². The molecule has 0 unspecified atom stereocenters. The predicted octanol–water partition coefficient (Wildman–Crippen LogP) is 4.11. The summed E-state index contributed by atoms with van der Waals surface area (Å²) in [6, 6.07) is 20.8. The maximum Gasteiger partial charge on any atom is 0.255 e. The summed E-state index contributed by atoms with van der Waals surface area (Å²) in [6.45, 7) is 4.54. The van der Waals surface area contributed by atoms with Crippen molar-refractivity contribution in [3.05, 3.63) is 83.0 Å². The highest BCUT2D eigenvalue weighted by atomic mass is 35.5. The molecule has 0 bridgehead atoms. The number of benzene rings is 2. The highest BCUT2D eigenvalue weighted by molar-refractivity contribution is 6.33. The number of hydrogen-bond donors (Lipinski definition) is 1. The molecule has 32 heavy (non-hydrogen) atoms. The van der Waals surface area contributed by atoms with Gasteiger partial charge in [0.05, 0.1) is 34.2 Å². The molecule has 4 rings (SSSR count). The number of carbonyl (C=O) groups excluding carboxylic acids is 2. The van der Waals surface area contributed by atoms with E-state index in [4.69, 9.17) is 11.6 Å². The quantitative estimate of drug-likeness (QED) is 0.638. The Hall–Kier alpha value is -3.22. The van der Waals surface area contributed by atoms with Crippen molar-refractivity contribution in [2.45, 2.75) is 6.92 Å². The van der Waals surface area contributed by atoms with Crippen LogP contribution in [0.15, 0.2) is 66.7 Å². The number of piperazine rings is 1. The molecule has 0 spiro atoms. The van der Waals surface area contributed by atoms with E-state index in [2.05, 4.69) is 10.3 Å². The van der Waals surface area contributed by atoms with Gasteiger partial charge in [-0.05, 0) is 31.2 Å². The van der Waals surface area contributed by atoms with Gasteiger partial charge in [0.1, 0.15) is 0 Å². The summed E-state index contributed by atoms with van der Waals surface area (Å²) in [5.41, 5.74) is 3.83. The number of para-hydroxylation sites is 1. The van der Waals surface area contributed by atoms with Crippen molar-refractivity contribution >= 4 is 29.1 Å². The summed E-state index contributed by atoms with van der Waals surface area (Å²) < 4.78 is 0. The first-order valence-electron chi connectivity index (χ1n) is 10.6. The SMILES string of the molecule is Cc1nc(-c2ccccc2)ccc1C(=O)N1CCN(CC(=O)Nc2ccccc2Cl)CC1. The normalized spacial score (nSPS) is 14.2. The van der Waals surface area contributed by atoms with Gasteiger partial charge in [-0.25, -0.2) is 0 Å². The van der Waals surface area contributed by atoms with Crippen LogP contribution in [0.1, 0.15) is 16.1 Å². The van der Waals surface area contributed by atoms with Crippen LogP contribution in [0.25, 0.3) is 11.3 Å². The molecule has 1 N–H and O–H groups in total. The molecule has 0 aliphatic carbocycles. The maximum atomic E-state index is 13.0. The van der Waals surface area contributed by atoms with Gasteiger partial charge < -0.3 is 10.2 Å². The molecule has 1 aliphatic rings. The first-order chi connectivity index (χ1) is 15.5. The molecule has 1 fully saturated rings. The number of halogens is 1. The summed E-state index contributed by atoms with van der Waals surface area (Å²) in [4.78, 5) is 33.9. The summed E-state index contributed by atoms with van der Waals surface area (Å²) in [7, 11) is 0. The van der Waals surface area contributed by atoms with E-state index in [-0.39, 0.29) is 18.4 Å². The summed E-state index contributed by atoms with van der Waals surface area (Å²) >= 11 is 6.10. The van der Waals surface area contributed by atoms with Crippen molar-refractivity contribution in [1.29, 1.82) is 0 Å². The first-order valence-corrected chi connectivity index (χ1v) is 11.0. The molecule has 3 aromatic rings. The second kappa shape index (κ2) is 9.94. The number of pyridine rings is 1. The Morgan fingerprint density at radius 1 is 0.938 bits per heavy atom. The van der Waals surface area contributed by atoms with Crippen molar-refractivity contribution in [1.82, 2.24) is 14.8 Å². The van der Waals surface area contributed by atoms with E-state index in [1.54, 1.807) is 12.1 Å². The lowest BCUT2D eigenvalue weighted by atomic mass is 10.1. The second-order valence-corrected chi connectivity index (χ2v) is 8.20. The molecule has 164 valence electrons. The molecule has 0 saturated carbocycles. The molecule has 7 heteroatoms. The van der Waals surface area contributed by atoms with Crippen molar-refractivity contribution in [3.8, 4) is 11.3 Å². The van der Waals surface area contributed by atoms with Crippen LogP contribution in [0.2, 0.25) is 5.02 Å². The van der Waals surface area contributed by atoms with Crippen LogP contribution in [-0.2, 0) is 4.79 Å². The number of rotatable bonds is 5. The van der Waals surface area contributed by atoms with Crippen LogP contribution >= 0.6 is 11.6 Å². The standard InChI is InChI=1S/C25H25ClN4O2/c1-18-20(11-12-22(27-18)19-7-3-2-4-8-19)25(32)30-15-13-29(14-16-30)17-24(31)28-23-10-6-5-9-21(23)26/h2-12H,13-17H2,1H3,(H,28,31). The van der Waals surface area contributed by atoms with E-state index < -0.39 is 0 Å². The van der Waals surface area contributed by atoms with Crippen molar-refractivity contribution in [2.24, 2.45) is 0 Å². The Kier molecular flexibility index (Phi) is 6.83. The minimum absolute atomic E-state index is 0.0187. The molecular weight excluding hydrogens is 424 g/mol. The number of nitrogens with one attached hydrogen (secondary N) is 1. The molecule has 2 aromatic carbocycles. The van der Waals surface area contributed by atoms with Crippen LogP contribution in [0, 0.1) is 6.92 Å². The molecule has 0 radical (unpaired) electrons. The number of aryl methyl sites for hydroxylation is 1. The van der Waals surface area contributed by atoms with E-state index in [9.17, 15) is 9.59 Å². The Morgan fingerprint density at radius 3 is 2.31 bits per heavy atom. The van der Waals surface area contributed by atoms with Gasteiger partial charge in [0.15, 0.2) is 0 Å². The minimum atomic E-state index is -0.116. The molecule has 2 amide bonds. The highest BCUT2D eigenvalue weighted by Gasteiger charge is 2.25. The fourth-order valence-electron chi connectivity index (χ4n) is 3.79. The van der Waals surface area contributed by atoms with Gasteiger partial charge in [-0.2, -0.15) is 0 Å². The van der Waals surface area contributed by atoms with Gasteiger partial charge >= 0.3 is 0 Å². The third-order valence-electron chi connectivity index (χ3n) is 5.56. The topological polar surface area (TPSA) is 65.5 Å². The first kappa shape index (κ1) is 22.0. The highest BCUT2D eigenvalue weighted by Crippen LogP contribution is 2.21. The Bertz CT molecular complexity index is 1110. The van der Waals surface area contributed by atoms with Gasteiger partial charge in [-0.3, -0.25) is 19.5 Å². The monoisotopic (exact) mass is 448 g/mol. The van der Waals surface area contributed by atoms with Gasteiger partial charge in [0.2, 0.25) is 5.91 Å². The number of nitrogens with zero attached hydrogens (tertiary/aromatic N) is 3. The predicted molar refractivity (Wildman–Crippen MR) is 127 cm³/mol. The Balaban J connectivity index is 1.32. The smallest absolute Gasteiger partial charge is 0.255 e. The number of carbonyl (C=O) groups is 2. The third kappa shape index (κ3) is 5.15. The number of anilines is 1.